The van der Waals surface area contributed by atoms with Crippen molar-refractivity contribution in [2.75, 3.05) is 6.54 Å². The number of rotatable bonds is 5. The zero-order valence-corrected chi connectivity index (χ0v) is 8.03. The standard InChI is InChI=1S/C11H16N2/c1-3-7-13-11(4-2)10-5-8-12-9-6-10/h4-6,8-9,11,13H,2-3,7H2,1H3. The molecule has 2 heteroatoms. The van der Waals surface area contributed by atoms with Gasteiger partial charge in [0.2, 0.25) is 0 Å². The normalized spacial score (nSPS) is 12.4. The SMILES string of the molecule is C=CC(NCCC)c1ccncc1. The summed E-state index contributed by atoms with van der Waals surface area (Å²) in [7, 11) is 0. The predicted octanol–water partition coefficient (Wildman–Crippen LogP) is 2.31. The highest BCUT2D eigenvalue weighted by atomic mass is 14.9. The van der Waals surface area contributed by atoms with Crippen LogP contribution in [0, 0.1) is 0 Å². The lowest BCUT2D eigenvalue weighted by molar-refractivity contribution is 0.613. The summed E-state index contributed by atoms with van der Waals surface area (Å²) in [6.45, 7) is 6.97. The van der Waals surface area contributed by atoms with Crippen molar-refractivity contribution < 1.29 is 0 Å². The number of hydrogen-bond acceptors (Lipinski definition) is 2. The Labute approximate surface area is 79.7 Å². The van der Waals surface area contributed by atoms with Gasteiger partial charge < -0.3 is 5.32 Å². The van der Waals surface area contributed by atoms with E-state index in [0.717, 1.165) is 13.0 Å². The molecule has 0 saturated carbocycles. The number of pyridine rings is 1. The first kappa shape index (κ1) is 9.93. The first-order valence-electron chi connectivity index (χ1n) is 4.64. The third-order valence-corrected chi connectivity index (χ3v) is 1.92. The lowest BCUT2D eigenvalue weighted by Crippen LogP contribution is -2.19. The van der Waals surface area contributed by atoms with Crippen LogP contribution in [0.3, 0.4) is 0 Å². The Morgan fingerprint density at radius 2 is 2.23 bits per heavy atom. The molecule has 0 aromatic carbocycles. The van der Waals surface area contributed by atoms with Crippen LogP contribution < -0.4 is 5.32 Å². The minimum atomic E-state index is 0.253. The maximum atomic E-state index is 3.98. The second kappa shape index (κ2) is 5.49. The molecule has 1 rings (SSSR count). The summed E-state index contributed by atoms with van der Waals surface area (Å²) < 4.78 is 0. The molecule has 2 nitrogen and oxygen atoms in total. The van der Waals surface area contributed by atoms with Crippen molar-refractivity contribution in [3.63, 3.8) is 0 Å². The van der Waals surface area contributed by atoms with Crippen LogP contribution in [0.5, 0.6) is 0 Å². The molecule has 0 aliphatic rings. The molecule has 1 aromatic heterocycles. The molecule has 1 unspecified atom stereocenters. The highest BCUT2D eigenvalue weighted by molar-refractivity contribution is 5.19. The van der Waals surface area contributed by atoms with Crippen molar-refractivity contribution in [1.29, 1.82) is 0 Å². The minimum Gasteiger partial charge on any atom is -0.307 e. The second-order valence-corrected chi connectivity index (χ2v) is 2.95. The Bertz CT molecular complexity index is 244. The van der Waals surface area contributed by atoms with E-state index in [1.165, 1.54) is 5.56 Å². The van der Waals surface area contributed by atoms with Crippen molar-refractivity contribution in [2.45, 2.75) is 19.4 Å². The summed E-state index contributed by atoms with van der Waals surface area (Å²) in [5.74, 6) is 0. The van der Waals surface area contributed by atoms with Crippen LogP contribution >= 0.6 is 0 Å². The Balaban J connectivity index is 2.61. The Morgan fingerprint density at radius 3 is 2.77 bits per heavy atom. The fourth-order valence-electron chi connectivity index (χ4n) is 1.21. The van der Waals surface area contributed by atoms with Gasteiger partial charge in [0.05, 0.1) is 6.04 Å². The molecule has 0 radical (unpaired) electrons. The molecular weight excluding hydrogens is 160 g/mol. The van der Waals surface area contributed by atoms with Crippen molar-refractivity contribution in [3.05, 3.63) is 42.7 Å². The quantitative estimate of drug-likeness (QED) is 0.696. The van der Waals surface area contributed by atoms with E-state index in [0.29, 0.717) is 0 Å². The molecule has 1 atom stereocenters. The van der Waals surface area contributed by atoms with Gasteiger partial charge in [-0.05, 0) is 30.7 Å². The van der Waals surface area contributed by atoms with Crippen molar-refractivity contribution in [1.82, 2.24) is 10.3 Å². The van der Waals surface area contributed by atoms with Crippen LogP contribution in [0.15, 0.2) is 37.2 Å². The van der Waals surface area contributed by atoms with Crippen LogP contribution in [0.2, 0.25) is 0 Å². The average molecular weight is 176 g/mol. The van der Waals surface area contributed by atoms with Crippen LogP contribution in [0.25, 0.3) is 0 Å². The maximum absolute atomic E-state index is 3.98. The van der Waals surface area contributed by atoms with Gasteiger partial charge in [0.15, 0.2) is 0 Å². The lowest BCUT2D eigenvalue weighted by Gasteiger charge is -2.13. The van der Waals surface area contributed by atoms with Crippen molar-refractivity contribution in [2.24, 2.45) is 0 Å². The van der Waals surface area contributed by atoms with E-state index in [2.05, 4.69) is 23.8 Å². The van der Waals surface area contributed by atoms with E-state index in [-0.39, 0.29) is 6.04 Å². The van der Waals surface area contributed by atoms with Gasteiger partial charge in [-0.1, -0.05) is 13.0 Å². The fourth-order valence-corrected chi connectivity index (χ4v) is 1.21. The minimum absolute atomic E-state index is 0.253. The monoisotopic (exact) mass is 176 g/mol. The molecule has 1 aromatic rings. The average Bonchev–Trinajstić information content (AvgIpc) is 2.21. The maximum Gasteiger partial charge on any atom is 0.0504 e. The van der Waals surface area contributed by atoms with Crippen molar-refractivity contribution in [3.8, 4) is 0 Å². The number of hydrogen-bond donors (Lipinski definition) is 1. The van der Waals surface area contributed by atoms with Crippen LogP contribution in [0.1, 0.15) is 24.9 Å². The van der Waals surface area contributed by atoms with Crippen LogP contribution in [0.4, 0.5) is 0 Å². The largest absolute Gasteiger partial charge is 0.307 e. The van der Waals surface area contributed by atoms with Crippen LogP contribution in [-0.2, 0) is 0 Å². The molecule has 1 heterocycles. The second-order valence-electron chi connectivity index (χ2n) is 2.95. The third kappa shape index (κ3) is 2.99. The Kier molecular flexibility index (Phi) is 4.19. The fraction of sp³-hybridized carbons (Fsp3) is 0.364. The van der Waals surface area contributed by atoms with Gasteiger partial charge in [-0.25, -0.2) is 0 Å². The molecule has 0 aliphatic carbocycles. The van der Waals surface area contributed by atoms with Gasteiger partial charge >= 0.3 is 0 Å². The summed E-state index contributed by atoms with van der Waals surface area (Å²) >= 11 is 0. The van der Waals surface area contributed by atoms with Gasteiger partial charge in [0.1, 0.15) is 0 Å². The summed E-state index contributed by atoms with van der Waals surface area (Å²) in [5, 5.41) is 3.39. The molecule has 0 fully saturated rings. The smallest absolute Gasteiger partial charge is 0.0504 e. The Hall–Kier alpha value is -1.15. The molecule has 0 amide bonds. The predicted molar refractivity (Wildman–Crippen MR) is 55.5 cm³/mol. The third-order valence-electron chi connectivity index (χ3n) is 1.92. The van der Waals surface area contributed by atoms with Gasteiger partial charge in [-0.15, -0.1) is 6.58 Å². The summed E-state index contributed by atoms with van der Waals surface area (Å²) in [4.78, 5) is 3.98. The van der Waals surface area contributed by atoms with Crippen LogP contribution in [-0.4, -0.2) is 11.5 Å². The van der Waals surface area contributed by atoms with Gasteiger partial charge in [0.25, 0.3) is 0 Å². The molecule has 0 aliphatic heterocycles. The zero-order chi connectivity index (χ0) is 9.52. The van der Waals surface area contributed by atoms with E-state index in [1.807, 2.05) is 18.2 Å². The summed E-state index contributed by atoms with van der Waals surface area (Å²) in [6.07, 6.45) is 6.67. The van der Waals surface area contributed by atoms with E-state index >= 15 is 0 Å². The zero-order valence-electron chi connectivity index (χ0n) is 8.03. The Morgan fingerprint density at radius 1 is 1.54 bits per heavy atom. The lowest BCUT2D eigenvalue weighted by atomic mass is 10.1. The molecular formula is C11H16N2. The summed E-state index contributed by atoms with van der Waals surface area (Å²) in [5.41, 5.74) is 1.22. The van der Waals surface area contributed by atoms with Gasteiger partial charge in [-0.3, -0.25) is 4.98 Å². The number of aromatic nitrogens is 1. The van der Waals surface area contributed by atoms with E-state index in [4.69, 9.17) is 0 Å². The number of nitrogens with one attached hydrogen (secondary N) is 1. The highest BCUT2D eigenvalue weighted by Gasteiger charge is 2.03. The first-order chi connectivity index (χ1) is 6.38. The highest BCUT2D eigenvalue weighted by Crippen LogP contribution is 2.11. The first-order valence-corrected chi connectivity index (χ1v) is 4.64. The molecule has 0 bridgehead atoms. The van der Waals surface area contributed by atoms with E-state index in [1.54, 1.807) is 12.4 Å². The van der Waals surface area contributed by atoms with Gasteiger partial charge in [0, 0.05) is 12.4 Å². The van der Waals surface area contributed by atoms with Gasteiger partial charge in [-0.2, -0.15) is 0 Å². The van der Waals surface area contributed by atoms with E-state index in [9.17, 15) is 0 Å². The van der Waals surface area contributed by atoms with E-state index < -0.39 is 0 Å². The molecule has 13 heavy (non-hydrogen) atoms. The summed E-state index contributed by atoms with van der Waals surface area (Å²) in [6, 6.07) is 4.27. The van der Waals surface area contributed by atoms with Crippen molar-refractivity contribution >= 4 is 0 Å². The molecule has 1 N–H and O–H groups in total. The number of nitrogens with zero attached hydrogens (tertiary/aromatic N) is 1. The molecule has 0 spiro atoms. The topological polar surface area (TPSA) is 24.9 Å². The molecule has 0 saturated heterocycles. The molecule has 70 valence electrons.